The van der Waals surface area contributed by atoms with Crippen LogP contribution in [0.25, 0.3) is 0 Å². The number of amides is 1. The second-order valence-electron chi connectivity index (χ2n) is 3.44. The van der Waals surface area contributed by atoms with Crippen LogP contribution in [0.3, 0.4) is 0 Å². The van der Waals surface area contributed by atoms with Crippen molar-refractivity contribution in [1.82, 2.24) is 0 Å². The van der Waals surface area contributed by atoms with Gasteiger partial charge in [0.15, 0.2) is 6.40 Å². The average molecular weight is 285 g/mol. The first-order valence-corrected chi connectivity index (χ1v) is 5.97. The zero-order valence-corrected chi connectivity index (χ0v) is 11.2. The number of nitrogens with two attached hydrogens (primary N) is 1. The van der Waals surface area contributed by atoms with Crippen molar-refractivity contribution < 1.29 is 14.3 Å². The Hall–Kier alpha value is -3.15. The molecule has 1 aliphatic heterocycles. The average Bonchev–Trinajstić information content (AvgIpc) is 2.47. The molecule has 0 spiro atoms. The van der Waals surface area contributed by atoms with Crippen molar-refractivity contribution in [2.75, 3.05) is 0 Å². The van der Waals surface area contributed by atoms with E-state index in [1.807, 2.05) is 12.2 Å². The van der Waals surface area contributed by atoms with Crippen LogP contribution >= 0.6 is 0 Å². The molecular formula is C15H15N3O3. The van der Waals surface area contributed by atoms with E-state index in [2.05, 4.69) is 9.98 Å². The summed E-state index contributed by atoms with van der Waals surface area (Å²) in [5.74, 6) is -0.710. The van der Waals surface area contributed by atoms with Crippen molar-refractivity contribution in [2.45, 2.75) is 0 Å². The molecule has 6 heteroatoms. The van der Waals surface area contributed by atoms with Crippen molar-refractivity contribution in [1.29, 1.82) is 0 Å². The van der Waals surface area contributed by atoms with Crippen molar-refractivity contribution in [3.63, 3.8) is 0 Å². The first-order chi connectivity index (χ1) is 10.3. The van der Waals surface area contributed by atoms with E-state index in [1.54, 1.807) is 30.4 Å². The summed E-state index contributed by atoms with van der Waals surface area (Å²) in [4.78, 5) is 18.7. The fourth-order valence-electron chi connectivity index (χ4n) is 1.01. The van der Waals surface area contributed by atoms with Crippen molar-refractivity contribution in [3.8, 4) is 0 Å². The number of nitrogens with zero attached hydrogens (tertiary/aromatic N) is 2. The smallest absolute Gasteiger partial charge is 0.269 e. The maximum absolute atomic E-state index is 11.1. The maximum Gasteiger partial charge on any atom is 0.269 e. The molecule has 6 nitrogen and oxygen atoms in total. The minimum absolute atomic E-state index is 0.0338. The van der Waals surface area contributed by atoms with Gasteiger partial charge in [0, 0.05) is 6.21 Å². The monoisotopic (exact) mass is 285 g/mol. The number of hydrogen-bond acceptors (Lipinski definition) is 5. The van der Waals surface area contributed by atoms with E-state index in [9.17, 15) is 4.79 Å². The summed E-state index contributed by atoms with van der Waals surface area (Å²) in [7, 11) is 0. The minimum atomic E-state index is -0.710. The second kappa shape index (κ2) is 10.7. The van der Waals surface area contributed by atoms with Gasteiger partial charge in [-0.15, -0.1) is 0 Å². The summed E-state index contributed by atoms with van der Waals surface area (Å²) in [6, 6.07) is 0. The molecular weight excluding hydrogens is 270 g/mol. The number of hydrogen-bond donors (Lipinski definition) is 1. The molecule has 0 saturated carbocycles. The quantitative estimate of drug-likeness (QED) is 0.800. The lowest BCUT2D eigenvalue weighted by Crippen LogP contribution is -2.12. The van der Waals surface area contributed by atoms with E-state index < -0.39 is 5.91 Å². The fourth-order valence-corrected chi connectivity index (χ4v) is 1.01. The number of allylic oxidation sites excluding steroid dienone is 7. The third kappa shape index (κ3) is 8.55. The van der Waals surface area contributed by atoms with Crippen LogP contribution in [-0.2, 0) is 14.3 Å². The van der Waals surface area contributed by atoms with Crippen molar-refractivity contribution >= 4 is 18.5 Å². The van der Waals surface area contributed by atoms with Crippen LogP contribution < -0.4 is 5.73 Å². The number of carbonyl (C=O) groups is 1. The Morgan fingerprint density at radius 1 is 0.905 bits per heavy atom. The molecule has 2 N–H and O–H groups in total. The van der Waals surface area contributed by atoms with Gasteiger partial charge in [0.25, 0.3) is 5.91 Å². The molecule has 0 radical (unpaired) electrons. The van der Waals surface area contributed by atoms with Gasteiger partial charge in [-0.2, -0.15) is 0 Å². The van der Waals surface area contributed by atoms with Crippen molar-refractivity contribution in [2.24, 2.45) is 15.7 Å². The van der Waals surface area contributed by atoms with E-state index in [-0.39, 0.29) is 5.70 Å². The van der Waals surface area contributed by atoms with Gasteiger partial charge in [0.2, 0.25) is 0 Å². The van der Waals surface area contributed by atoms with E-state index in [1.165, 1.54) is 31.2 Å². The van der Waals surface area contributed by atoms with Crippen molar-refractivity contribution in [3.05, 3.63) is 73.2 Å². The molecule has 1 amide bonds. The summed E-state index contributed by atoms with van der Waals surface area (Å²) in [5, 5.41) is 0. The molecule has 0 saturated heterocycles. The standard InChI is InChI=1S/C15H15N3O3/c16-15(19)14-12-17-8-7-11-20-9-5-3-1-2-4-6-10-21-13-18-14/h1-13H,(H2,16,19). The highest BCUT2D eigenvalue weighted by Crippen LogP contribution is 1.95. The number of carbonyl (C=O) groups excluding carboxylic acids is 1. The van der Waals surface area contributed by atoms with Gasteiger partial charge in [0.05, 0.1) is 25.0 Å². The van der Waals surface area contributed by atoms with Gasteiger partial charge < -0.3 is 15.2 Å². The van der Waals surface area contributed by atoms with Crippen LogP contribution in [0.2, 0.25) is 0 Å². The SMILES string of the molecule is NC(=O)C1=CN=CC=COC=CC=CC=CC=COC=N1. The third-order valence-electron chi connectivity index (χ3n) is 1.90. The largest absolute Gasteiger partial charge is 0.473 e. The normalized spacial score (nSPS) is 15.7. The van der Waals surface area contributed by atoms with Crippen LogP contribution in [0, 0.1) is 0 Å². The summed E-state index contributed by atoms with van der Waals surface area (Å²) in [6.07, 6.45) is 20.2. The van der Waals surface area contributed by atoms with Gasteiger partial charge in [-0.3, -0.25) is 9.79 Å². The summed E-state index contributed by atoms with van der Waals surface area (Å²) in [6.45, 7) is 0. The minimum Gasteiger partial charge on any atom is -0.473 e. The molecule has 108 valence electrons. The predicted molar refractivity (Wildman–Crippen MR) is 82.1 cm³/mol. The lowest BCUT2D eigenvalue weighted by atomic mass is 10.4. The van der Waals surface area contributed by atoms with Gasteiger partial charge in [-0.05, 0) is 18.2 Å². The van der Waals surface area contributed by atoms with Gasteiger partial charge >= 0.3 is 0 Å². The Kier molecular flexibility index (Phi) is 8.14. The van der Waals surface area contributed by atoms with E-state index in [0.717, 1.165) is 6.40 Å². The molecule has 0 aliphatic carbocycles. The van der Waals surface area contributed by atoms with Gasteiger partial charge in [-0.25, -0.2) is 4.99 Å². The van der Waals surface area contributed by atoms with Gasteiger partial charge in [0.1, 0.15) is 5.70 Å². The highest BCUT2D eigenvalue weighted by molar-refractivity contribution is 5.92. The lowest BCUT2D eigenvalue weighted by molar-refractivity contribution is -0.114. The molecule has 0 atom stereocenters. The number of primary amides is 1. The van der Waals surface area contributed by atoms with Crippen LogP contribution in [0.15, 0.2) is 83.2 Å². The highest BCUT2D eigenvalue weighted by Gasteiger charge is 2.00. The highest BCUT2D eigenvalue weighted by atomic mass is 16.5. The van der Waals surface area contributed by atoms with Gasteiger partial charge in [-0.1, -0.05) is 24.3 Å². The molecule has 1 aliphatic rings. The lowest BCUT2D eigenvalue weighted by Gasteiger charge is -1.93. The summed E-state index contributed by atoms with van der Waals surface area (Å²) < 4.78 is 10.0. The topological polar surface area (TPSA) is 86.3 Å². The Balaban J connectivity index is 2.81. The Morgan fingerprint density at radius 3 is 2.24 bits per heavy atom. The molecule has 0 unspecified atom stereocenters. The molecule has 1 rings (SSSR count). The predicted octanol–water partition coefficient (Wildman–Crippen LogP) is 2.11. The van der Waals surface area contributed by atoms with Crippen LogP contribution in [-0.4, -0.2) is 18.5 Å². The van der Waals surface area contributed by atoms with E-state index in [0.29, 0.717) is 0 Å². The van der Waals surface area contributed by atoms with E-state index >= 15 is 0 Å². The zero-order valence-electron chi connectivity index (χ0n) is 11.2. The molecule has 0 bridgehead atoms. The van der Waals surface area contributed by atoms with Crippen LogP contribution in [0.1, 0.15) is 0 Å². The first-order valence-electron chi connectivity index (χ1n) is 5.97. The molecule has 21 heavy (non-hydrogen) atoms. The second-order valence-corrected chi connectivity index (χ2v) is 3.44. The fraction of sp³-hybridized carbons (Fsp3) is 0. The zero-order chi connectivity index (χ0) is 15.2. The summed E-state index contributed by atoms with van der Waals surface area (Å²) >= 11 is 0. The summed E-state index contributed by atoms with van der Waals surface area (Å²) in [5.41, 5.74) is 5.11. The molecule has 0 fully saturated rings. The molecule has 0 aromatic carbocycles. The Bertz CT molecular complexity index is 565. The Morgan fingerprint density at radius 2 is 1.52 bits per heavy atom. The van der Waals surface area contributed by atoms with Crippen LogP contribution in [0.5, 0.6) is 0 Å². The maximum atomic E-state index is 11.1. The van der Waals surface area contributed by atoms with E-state index in [4.69, 9.17) is 15.2 Å². The molecule has 1 heterocycles. The number of aliphatic imine (C=N–C) groups is 2. The van der Waals surface area contributed by atoms with Crippen LogP contribution in [0.4, 0.5) is 0 Å². The first kappa shape index (κ1) is 15.9. The third-order valence-corrected chi connectivity index (χ3v) is 1.90. The Labute approximate surface area is 122 Å². The molecule has 0 aromatic heterocycles. The number of rotatable bonds is 1. The number of ether oxygens (including phenoxy) is 2. The molecule has 0 aromatic rings.